The Labute approximate surface area is 401 Å². The van der Waals surface area contributed by atoms with Gasteiger partial charge in [0, 0.05) is 11.4 Å². The SMILES string of the molecule is CC(=O)C(N=Nc1cccc(C(=O)Nc2cccc(Cl)c2C(F)(F)F)c1Cl)C(=O)Nc1cc(C)c(NC(=O)C(N=Nc2cccc(C(=O)Nc3cccc(Cl)c3C(F)(F)F)c2Cl)C(C)=O)c(C)c1. The minimum Gasteiger partial charge on any atom is -0.324 e. The number of carbonyl (C=O) groups excluding carboxylic acids is 6. The molecular formula is C44H32Cl4F6N8O6. The Morgan fingerprint density at radius 1 is 0.529 bits per heavy atom. The molecule has 0 bridgehead atoms. The topological polar surface area (TPSA) is 200 Å². The van der Waals surface area contributed by atoms with Crippen LogP contribution in [0.25, 0.3) is 0 Å². The molecule has 5 aromatic carbocycles. The number of anilines is 4. The molecule has 24 heteroatoms. The Hall–Kier alpha value is -6.74. The first-order valence-electron chi connectivity index (χ1n) is 19.3. The van der Waals surface area contributed by atoms with E-state index in [0.717, 1.165) is 38.1 Å². The number of hydrogen-bond acceptors (Lipinski definition) is 10. The molecule has 354 valence electrons. The maximum Gasteiger partial charge on any atom is 0.419 e. The summed E-state index contributed by atoms with van der Waals surface area (Å²) >= 11 is 24.3. The van der Waals surface area contributed by atoms with Gasteiger partial charge in [0.25, 0.3) is 23.6 Å². The Bertz CT molecular complexity index is 2910. The number of carbonyl (C=O) groups is 6. The van der Waals surface area contributed by atoms with Crippen molar-refractivity contribution in [2.75, 3.05) is 21.3 Å². The van der Waals surface area contributed by atoms with Crippen LogP contribution in [-0.2, 0) is 31.5 Å². The number of alkyl halides is 6. The number of benzene rings is 5. The van der Waals surface area contributed by atoms with Crippen molar-refractivity contribution < 1.29 is 55.1 Å². The molecule has 14 nitrogen and oxygen atoms in total. The average molecular weight is 1020 g/mol. The van der Waals surface area contributed by atoms with Gasteiger partial charge in [-0.2, -0.15) is 46.8 Å². The Morgan fingerprint density at radius 3 is 1.26 bits per heavy atom. The maximum atomic E-state index is 13.7. The minimum atomic E-state index is -4.91. The zero-order chi connectivity index (χ0) is 50.4. The van der Waals surface area contributed by atoms with E-state index >= 15 is 0 Å². The average Bonchev–Trinajstić information content (AvgIpc) is 3.22. The van der Waals surface area contributed by atoms with Gasteiger partial charge < -0.3 is 21.3 Å². The van der Waals surface area contributed by atoms with E-state index in [1.807, 2.05) is 0 Å². The fourth-order valence-electron chi connectivity index (χ4n) is 6.27. The first-order chi connectivity index (χ1) is 31.8. The van der Waals surface area contributed by atoms with Gasteiger partial charge in [-0.05, 0) is 99.5 Å². The van der Waals surface area contributed by atoms with Crippen LogP contribution in [0.15, 0.2) is 105 Å². The summed E-state index contributed by atoms with van der Waals surface area (Å²) in [6, 6.07) is 13.2. The Balaban J connectivity index is 1.28. The second-order valence-electron chi connectivity index (χ2n) is 14.4. The van der Waals surface area contributed by atoms with Crippen molar-refractivity contribution in [3.8, 4) is 0 Å². The first kappa shape index (κ1) is 52.2. The molecule has 0 aliphatic heterocycles. The molecule has 4 N–H and O–H groups in total. The van der Waals surface area contributed by atoms with E-state index in [-0.39, 0.29) is 43.9 Å². The van der Waals surface area contributed by atoms with E-state index in [1.165, 1.54) is 60.7 Å². The van der Waals surface area contributed by atoms with Crippen molar-refractivity contribution in [1.82, 2.24) is 0 Å². The van der Waals surface area contributed by atoms with E-state index in [1.54, 1.807) is 13.8 Å². The molecule has 0 aliphatic carbocycles. The van der Waals surface area contributed by atoms with E-state index in [0.29, 0.717) is 11.1 Å². The van der Waals surface area contributed by atoms with E-state index in [9.17, 15) is 55.1 Å². The lowest BCUT2D eigenvalue weighted by Crippen LogP contribution is -2.33. The fraction of sp³-hybridized carbons (Fsp3) is 0.182. The van der Waals surface area contributed by atoms with Crippen LogP contribution in [0.4, 0.5) is 60.5 Å². The molecule has 0 saturated carbocycles. The Kier molecular flexibility index (Phi) is 16.5. The number of nitrogens with zero attached hydrogens (tertiary/aromatic N) is 4. The third-order valence-corrected chi connectivity index (χ3v) is 10.8. The van der Waals surface area contributed by atoms with Crippen LogP contribution in [0, 0.1) is 13.8 Å². The summed E-state index contributed by atoms with van der Waals surface area (Å²) < 4.78 is 82.0. The number of Topliss-reactive ketones (excluding diaryl/α,β-unsaturated/α-hetero) is 2. The van der Waals surface area contributed by atoms with Crippen LogP contribution >= 0.6 is 46.4 Å². The second-order valence-corrected chi connectivity index (χ2v) is 16.0. The minimum absolute atomic E-state index is 0.131. The highest BCUT2D eigenvalue weighted by Gasteiger charge is 2.38. The molecule has 0 aromatic heterocycles. The molecule has 0 radical (unpaired) electrons. The van der Waals surface area contributed by atoms with Gasteiger partial charge in [-0.3, -0.25) is 28.8 Å². The summed E-state index contributed by atoms with van der Waals surface area (Å²) in [6.45, 7) is 5.20. The normalized spacial score (nSPS) is 12.7. The van der Waals surface area contributed by atoms with Crippen molar-refractivity contribution in [1.29, 1.82) is 0 Å². The quantitative estimate of drug-likeness (QED) is 0.0484. The van der Waals surface area contributed by atoms with Crippen molar-refractivity contribution in [2.45, 2.75) is 52.1 Å². The largest absolute Gasteiger partial charge is 0.419 e. The summed E-state index contributed by atoms with van der Waals surface area (Å²) in [4.78, 5) is 78.1. The van der Waals surface area contributed by atoms with Crippen LogP contribution < -0.4 is 21.3 Å². The van der Waals surface area contributed by atoms with Crippen molar-refractivity contribution in [2.24, 2.45) is 20.5 Å². The van der Waals surface area contributed by atoms with Crippen LogP contribution in [0.1, 0.15) is 56.8 Å². The molecule has 0 spiro atoms. The zero-order valence-corrected chi connectivity index (χ0v) is 38.3. The second kappa shape index (κ2) is 21.5. The van der Waals surface area contributed by atoms with Gasteiger partial charge in [0.2, 0.25) is 12.1 Å². The van der Waals surface area contributed by atoms with Gasteiger partial charge in [-0.15, -0.1) is 0 Å². The van der Waals surface area contributed by atoms with Gasteiger partial charge in [-0.25, -0.2) is 0 Å². The number of ketones is 2. The molecule has 0 aliphatic rings. The van der Waals surface area contributed by atoms with Gasteiger partial charge >= 0.3 is 12.4 Å². The summed E-state index contributed by atoms with van der Waals surface area (Å²) in [5.41, 5.74) is -3.88. The maximum absolute atomic E-state index is 13.7. The number of azo groups is 2. The molecule has 5 aromatic rings. The van der Waals surface area contributed by atoms with Gasteiger partial charge in [0.05, 0.1) is 53.7 Å². The molecule has 5 rings (SSSR count). The number of hydrogen-bond donors (Lipinski definition) is 4. The highest BCUT2D eigenvalue weighted by atomic mass is 35.5. The van der Waals surface area contributed by atoms with Gasteiger partial charge in [0.1, 0.15) is 11.4 Å². The van der Waals surface area contributed by atoms with Crippen molar-refractivity contribution in [3.05, 3.63) is 138 Å². The fourth-order valence-corrected chi connectivity index (χ4v) is 7.33. The lowest BCUT2D eigenvalue weighted by molar-refractivity contribution is -0.137. The third-order valence-electron chi connectivity index (χ3n) is 9.41. The van der Waals surface area contributed by atoms with E-state index in [2.05, 4.69) is 41.7 Å². The molecule has 0 saturated heterocycles. The smallest absolute Gasteiger partial charge is 0.324 e. The van der Waals surface area contributed by atoms with Crippen LogP contribution in [0.3, 0.4) is 0 Å². The van der Waals surface area contributed by atoms with Crippen molar-refractivity contribution in [3.63, 3.8) is 0 Å². The van der Waals surface area contributed by atoms with Crippen LogP contribution in [0.2, 0.25) is 20.1 Å². The Morgan fingerprint density at radius 2 is 0.897 bits per heavy atom. The van der Waals surface area contributed by atoms with E-state index < -0.39 is 92.2 Å². The molecule has 0 heterocycles. The lowest BCUT2D eigenvalue weighted by atomic mass is 10.1. The summed E-state index contributed by atoms with van der Waals surface area (Å²) in [6.07, 6.45) is -9.82. The van der Waals surface area contributed by atoms with Gasteiger partial charge in [-0.1, -0.05) is 70.7 Å². The van der Waals surface area contributed by atoms with Crippen LogP contribution in [0.5, 0.6) is 0 Å². The number of rotatable bonds is 14. The van der Waals surface area contributed by atoms with E-state index in [4.69, 9.17) is 46.4 Å². The monoisotopic (exact) mass is 1020 g/mol. The van der Waals surface area contributed by atoms with Crippen LogP contribution in [-0.4, -0.2) is 47.3 Å². The van der Waals surface area contributed by atoms with Crippen molar-refractivity contribution >= 4 is 116 Å². The standard InChI is InChI=1S/C44H32Cl4F6N8O6/c1-19-17-23(55-41(67)37(21(3)63)61-59-30-15-5-9-24(34(30)47)39(65)56-28-13-7-11-26(45)32(28)43(49,50)51)18-20(2)36(19)58-42(68)38(22(4)64)62-60-31-16-6-10-25(35(31)48)40(66)57-29-14-8-12-27(46)33(29)44(52,53)54/h5-18,37-38H,1-4H3,(H,55,67)(H,56,65)(H,57,66)(H,58,68). The summed E-state index contributed by atoms with van der Waals surface area (Å²) in [5, 5.41) is 22.7. The molecule has 2 atom stereocenters. The number of nitrogens with one attached hydrogen (secondary N) is 4. The number of halogens is 10. The first-order valence-corrected chi connectivity index (χ1v) is 20.8. The molecule has 2 unspecified atom stereocenters. The summed E-state index contributed by atoms with van der Waals surface area (Å²) in [7, 11) is 0. The highest BCUT2D eigenvalue weighted by Crippen LogP contribution is 2.42. The number of amides is 4. The molecular weight excluding hydrogens is 992 g/mol. The molecule has 4 amide bonds. The third kappa shape index (κ3) is 12.4. The molecule has 68 heavy (non-hydrogen) atoms. The highest BCUT2D eigenvalue weighted by molar-refractivity contribution is 6.37. The lowest BCUT2D eigenvalue weighted by Gasteiger charge is -2.17. The predicted octanol–water partition coefficient (Wildman–Crippen LogP) is 12.8. The predicted molar refractivity (Wildman–Crippen MR) is 243 cm³/mol. The zero-order valence-electron chi connectivity index (χ0n) is 35.3. The summed E-state index contributed by atoms with van der Waals surface area (Å²) in [5.74, 6) is -5.58. The number of aryl methyl sites for hydroxylation is 2. The van der Waals surface area contributed by atoms with Gasteiger partial charge in [0.15, 0.2) is 11.6 Å². The molecule has 0 fully saturated rings.